The Balaban J connectivity index is 1.35. The van der Waals surface area contributed by atoms with Gasteiger partial charge >= 0.3 is 0 Å². The SMILES string of the molecule is NC[C@@H]1CN(c2nc(Nc3ccc4c(c3)-c3ccccc3C4=O)nc(N3C[C@H](N)C[C@H](N)C3)n2)CC[C@@H]1O. The fourth-order valence-electron chi connectivity index (χ4n) is 5.70. The van der Waals surface area contributed by atoms with E-state index in [-0.39, 0.29) is 23.8 Å². The summed E-state index contributed by atoms with van der Waals surface area (Å²) in [4.78, 5) is 31.1. The second kappa shape index (κ2) is 9.91. The van der Waals surface area contributed by atoms with Crippen LogP contribution in [0.5, 0.6) is 0 Å². The zero-order valence-corrected chi connectivity index (χ0v) is 21.1. The molecule has 2 aromatic carbocycles. The first kappa shape index (κ1) is 24.7. The van der Waals surface area contributed by atoms with E-state index in [0.717, 1.165) is 23.2 Å². The molecule has 0 radical (unpaired) electrons. The molecule has 3 heterocycles. The molecule has 0 spiro atoms. The Morgan fingerprint density at radius 1 is 0.895 bits per heavy atom. The number of hydrogen-bond acceptors (Lipinski definition) is 11. The average molecular weight is 516 g/mol. The number of carbonyl (C=O) groups is 1. The number of nitrogens with one attached hydrogen (secondary N) is 1. The first-order valence-corrected chi connectivity index (χ1v) is 13.1. The Morgan fingerprint density at radius 3 is 2.32 bits per heavy atom. The van der Waals surface area contributed by atoms with E-state index in [1.807, 2.05) is 52.3 Å². The van der Waals surface area contributed by atoms with Gasteiger partial charge in [-0.2, -0.15) is 15.0 Å². The van der Waals surface area contributed by atoms with E-state index < -0.39 is 6.10 Å². The van der Waals surface area contributed by atoms with Crippen LogP contribution in [0.3, 0.4) is 0 Å². The number of carbonyl (C=O) groups excluding carboxylic acids is 1. The van der Waals surface area contributed by atoms with Crippen molar-refractivity contribution >= 4 is 29.3 Å². The van der Waals surface area contributed by atoms with Crippen molar-refractivity contribution < 1.29 is 9.90 Å². The summed E-state index contributed by atoms with van der Waals surface area (Å²) in [7, 11) is 0. The highest BCUT2D eigenvalue weighted by Gasteiger charge is 2.31. The molecule has 4 atom stereocenters. The Bertz CT molecular complexity index is 1360. The number of anilines is 4. The molecule has 2 saturated heterocycles. The normalized spacial score (nSPS) is 24.8. The van der Waals surface area contributed by atoms with Crippen LogP contribution >= 0.6 is 0 Å². The quantitative estimate of drug-likeness (QED) is 0.255. The van der Waals surface area contributed by atoms with E-state index in [2.05, 4.69) is 5.32 Å². The molecule has 198 valence electrons. The highest BCUT2D eigenvalue weighted by Crippen LogP contribution is 2.38. The van der Waals surface area contributed by atoms with Crippen LogP contribution in [0.4, 0.5) is 23.5 Å². The monoisotopic (exact) mass is 515 g/mol. The average Bonchev–Trinajstić information content (AvgIpc) is 3.19. The van der Waals surface area contributed by atoms with Gasteiger partial charge in [0.2, 0.25) is 17.8 Å². The highest BCUT2D eigenvalue weighted by atomic mass is 16.3. The van der Waals surface area contributed by atoms with Gasteiger partial charge in [-0.05, 0) is 48.7 Å². The number of ketones is 1. The number of benzene rings is 2. The number of piperidine rings is 2. The second-order valence-electron chi connectivity index (χ2n) is 10.5. The molecule has 8 N–H and O–H groups in total. The van der Waals surface area contributed by atoms with Gasteiger partial charge in [0, 0.05) is 61.0 Å². The summed E-state index contributed by atoms with van der Waals surface area (Å²) in [6.07, 6.45) is 0.894. The molecule has 6 rings (SSSR count). The zero-order chi connectivity index (χ0) is 26.4. The molecule has 1 aromatic heterocycles. The van der Waals surface area contributed by atoms with Crippen LogP contribution in [-0.2, 0) is 0 Å². The van der Waals surface area contributed by atoms with Crippen molar-refractivity contribution in [3.05, 3.63) is 53.6 Å². The fraction of sp³-hybridized carbons (Fsp3) is 0.407. The molecule has 1 aliphatic carbocycles. The van der Waals surface area contributed by atoms with Gasteiger partial charge in [0.05, 0.1) is 6.10 Å². The van der Waals surface area contributed by atoms with Crippen LogP contribution in [0.25, 0.3) is 11.1 Å². The molecule has 11 heteroatoms. The van der Waals surface area contributed by atoms with Crippen molar-refractivity contribution in [2.24, 2.45) is 23.1 Å². The number of rotatable bonds is 5. The van der Waals surface area contributed by atoms with E-state index in [0.29, 0.717) is 68.1 Å². The van der Waals surface area contributed by atoms with Crippen LogP contribution in [0.2, 0.25) is 0 Å². The molecule has 38 heavy (non-hydrogen) atoms. The molecule has 2 aliphatic heterocycles. The highest BCUT2D eigenvalue weighted by molar-refractivity contribution is 6.22. The molecular formula is C27H33N9O2. The van der Waals surface area contributed by atoms with Crippen molar-refractivity contribution in [3.8, 4) is 11.1 Å². The lowest BCUT2D eigenvalue weighted by molar-refractivity contribution is 0.0917. The Hall–Kier alpha value is -3.64. The number of fused-ring (bicyclic) bond motifs is 3. The van der Waals surface area contributed by atoms with Gasteiger partial charge in [-0.3, -0.25) is 4.79 Å². The van der Waals surface area contributed by atoms with Crippen molar-refractivity contribution in [2.45, 2.75) is 31.0 Å². The Morgan fingerprint density at radius 2 is 1.58 bits per heavy atom. The third-order valence-corrected chi connectivity index (χ3v) is 7.67. The predicted octanol–water partition coefficient (Wildman–Crippen LogP) is 0.837. The lowest BCUT2D eigenvalue weighted by Gasteiger charge is -2.37. The summed E-state index contributed by atoms with van der Waals surface area (Å²) in [6.45, 7) is 2.73. The van der Waals surface area contributed by atoms with Crippen molar-refractivity contribution in [1.82, 2.24) is 15.0 Å². The number of nitrogens with two attached hydrogens (primary N) is 3. The molecule has 3 aliphatic rings. The zero-order valence-electron chi connectivity index (χ0n) is 21.1. The van der Waals surface area contributed by atoms with Crippen LogP contribution < -0.4 is 32.3 Å². The topological polar surface area (TPSA) is 173 Å². The van der Waals surface area contributed by atoms with Crippen molar-refractivity contribution in [2.75, 3.05) is 47.8 Å². The van der Waals surface area contributed by atoms with E-state index in [1.54, 1.807) is 0 Å². The van der Waals surface area contributed by atoms with Gasteiger partial charge in [0.1, 0.15) is 0 Å². The second-order valence-corrected chi connectivity index (χ2v) is 10.5. The third kappa shape index (κ3) is 4.58. The standard InChI is InChI=1S/C27H33N9O2/c28-11-15-12-35(8-7-23(15)37)26-32-25(33-27(34-26)36-13-16(29)9-17(30)14-36)31-18-5-6-21-22(10-18)19-3-1-2-4-20(19)24(21)38/h1-6,10,15-17,23,37H,7-9,11-14,28-30H2,(H,31,32,33,34)/t15-,16-,17+,23+/m1/s1. The minimum absolute atomic E-state index is 0.0337. The van der Waals surface area contributed by atoms with E-state index in [9.17, 15) is 9.90 Å². The van der Waals surface area contributed by atoms with Crippen molar-refractivity contribution in [3.63, 3.8) is 0 Å². The van der Waals surface area contributed by atoms with Gasteiger partial charge in [-0.15, -0.1) is 0 Å². The number of nitrogens with zero attached hydrogens (tertiary/aromatic N) is 5. The molecule has 0 saturated carbocycles. The van der Waals surface area contributed by atoms with E-state index >= 15 is 0 Å². The minimum Gasteiger partial charge on any atom is -0.393 e. The molecule has 11 nitrogen and oxygen atoms in total. The largest absolute Gasteiger partial charge is 0.393 e. The molecule has 3 aromatic rings. The predicted molar refractivity (Wildman–Crippen MR) is 147 cm³/mol. The fourth-order valence-corrected chi connectivity index (χ4v) is 5.70. The summed E-state index contributed by atoms with van der Waals surface area (Å²) < 4.78 is 0. The third-order valence-electron chi connectivity index (χ3n) is 7.67. The number of aromatic nitrogens is 3. The first-order valence-electron chi connectivity index (χ1n) is 13.1. The van der Waals surface area contributed by atoms with Gasteiger partial charge in [0.25, 0.3) is 0 Å². The van der Waals surface area contributed by atoms with Crippen molar-refractivity contribution in [1.29, 1.82) is 0 Å². The first-order chi connectivity index (χ1) is 18.4. The van der Waals surface area contributed by atoms with Gasteiger partial charge in [-0.25, -0.2) is 0 Å². The summed E-state index contributed by atoms with van der Waals surface area (Å²) in [6, 6.07) is 13.1. The van der Waals surface area contributed by atoms with E-state index in [4.69, 9.17) is 32.2 Å². The summed E-state index contributed by atoms with van der Waals surface area (Å²) in [5.41, 5.74) is 22.4. The number of aliphatic hydroxyl groups is 1. The van der Waals surface area contributed by atoms with E-state index in [1.165, 1.54) is 0 Å². The van der Waals surface area contributed by atoms with Crippen LogP contribution in [0.15, 0.2) is 42.5 Å². The molecular weight excluding hydrogens is 482 g/mol. The van der Waals surface area contributed by atoms with Gasteiger partial charge < -0.3 is 37.4 Å². The molecule has 2 fully saturated rings. The summed E-state index contributed by atoms with van der Waals surface area (Å²) >= 11 is 0. The maximum absolute atomic E-state index is 12.8. The molecule has 0 amide bonds. The smallest absolute Gasteiger partial charge is 0.233 e. The summed E-state index contributed by atoms with van der Waals surface area (Å²) in [5, 5.41) is 13.7. The van der Waals surface area contributed by atoms with Crippen LogP contribution in [-0.4, -0.2) is 76.8 Å². The lowest BCUT2D eigenvalue weighted by Crippen LogP contribution is -2.53. The van der Waals surface area contributed by atoms with Crippen LogP contribution in [0.1, 0.15) is 28.8 Å². The van der Waals surface area contributed by atoms with Gasteiger partial charge in [-0.1, -0.05) is 24.3 Å². The number of aliphatic hydroxyl groups excluding tert-OH is 1. The molecule has 0 unspecified atom stereocenters. The Kier molecular flexibility index (Phi) is 6.44. The van der Waals surface area contributed by atoms with Crippen LogP contribution in [0, 0.1) is 5.92 Å². The van der Waals surface area contributed by atoms with Gasteiger partial charge in [0.15, 0.2) is 5.78 Å². The Labute approximate surface area is 221 Å². The summed E-state index contributed by atoms with van der Waals surface area (Å²) in [5.74, 6) is 1.36. The molecule has 0 bridgehead atoms. The lowest BCUT2D eigenvalue weighted by atomic mass is 9.95. The maximum Gasteiger partial charge on any atom is 0.233 e. The number of hydrogen-bond donors (Lipinski definition) is 5. The minimum atomic E-state index is -0.440. The maximum atomic E-state index is 12.8.